The van der Waals surface area contributed by atoms with Gasteiger partial charge >= 0.3 is 5.97 Å². The van der Waals surface area contributed by atoms with Crippen molar-refractivity contribution in [3.63, 3.8) is 0 Å². The van der Waals surface area contributed by atoms with Gasteiger partial charge in [-0.15, -0.1) is 0 Å². The molecule has 2 aliphatic rings. The molecule has 8 nitrogen and oxygen atoms in total. The van der Waals surface area contributed by atoms with Crippen molar-refractivity contribution in [3.8, 4) is 0 Å². The number of anilines is 2. The smallest absolute Gasteiger partial charge is 0.359 e. The average molecular weight is 412 g/mol. The van der Waals surface area contributed by atoms with Crippen LogP contribution in [-0.4, -0.2) is 46.3 Å². The highest BCUT2D eigenvalue weighted by atomic mass is 16.5. The molecule has 2 aromatic rings. The fraction of sp³-hybridized carbons (Fsp3) is 0.545. The summed E-state index contributed by atoms with van der Waals surface area (Å²) in [6, 6.07) is 4.07. The molecule has 0 radical (unpaired) electrons. The average Bonchev–Trinajstić information content (AvgIpc) is 3.32. The molecule has 1 saturated heterocycles. The van der Waals surface area contributed by atoms with Crippen LogP contribution in [0, 0.1) is 0 Å². The van der Waals surface area contributed by atoms with Gasteiger partial charge in [-0.3, -0.25) is 9.48 Å². The van der Waals surface area contributed by atoms with E-state index in [-0.39, 0.29) is 23.8 Å². The highest BCUT2D eigenvalue weighted by Crippen LogP contribution is 2.35. The van der Waals surface area contributed by atoms with Gasteiger partial charge in [0.15, 0.2) is 5.69 Å². The van der Waals surface area contributed by atoms with Gasteiger partial charge in [0.2, 0.25) is 5.91 Å². The Labute approximate surface area is 176 Å². The molecule has 4 heterocycles. The summed E-state index contributed by atoms with van der Waals surface area (Å²) in [4.78, 5) is 33.1. The summed E-state index contributed by atoms with van der Waals surface area (Å²) in [6.07, 6.45) is 3.26. The van der Waals surface area contributed by atoms with Crippen molar-refractivity contribution >= 4 is 23.4 Å². The Hall–Kier alpha value is -2.90. The Bertz CT molecular complexity index is 950. The number of fused-ring (bicyclic) bond motifs is 1. The van der Waals surface area contributed by atoms with Crippen LogP contribution >= 0.6 is 0 Å². The first-order valence-corrected chi connectivity index (χ1v) is 10.7. The monoisotopic (exact) mass is 411 g/mol. The zero-order chi connectivity index (χ0) is 21.4. The van der Waals surface area contributed by atoms with Gasteiger partial charge in [0, 0.05) is 49.3 Å². The van der Waals surface area contributed by atoms with Crippen molar-refractivity contribution < 1.29 is 14.3 Å². The van der Waals surface area contributed by atoms with E-state index < -0.39 is 0 Å². The molecule has 8 heteroatoms. The van der Waals surface area contributed by atoms with Gasteiger partial charge in [0.05, 0.1) is 18.5 Å². The van der Waals surface area contributed by atoms with Crippen molar-refractivity contribution in [3.05, 3.63) is 35.3 Å². The Morgan fingerprint density at radius 3 is 2.73 bits per heavy atom. The standard InChI is InChI=1S/C22H29N5O3/c1-5-30-22(29)20-17-13-25(12-15(4)21(17)27(24-20)14(2)3)18-9-8-16(11-23-18)26-10-6-7-19(26)28/h8-9,11,14-15H,5-7,10,12-13H2,1-4H3/t15-/m0/s1. The minimum absolute atomic E-state index is 0.154. The number of pyridine rings is 1. The van der Waals surface area contributed by atoms with Crippen LogP contribution in [-0.2, 0) is 16.1 Å². The molecule has 160 valence electrons. The fourth-order valence-electron chi connectivity index (χ4n) is 4.41. The maximum Gasteiger partial charge on any atom is 0.359 e. The third-order valence-electron chi connectivity index (χ3n) is 5.76. The Balaban J connectivity index is 1.64. The zero-order valence-corrected chi connectivity index (χ0v) is 18.1. The normalized spacial score (nSPS) is 18.8. The van der Waals surface area contributed by atoms with Gasteiger partial charge in [-0.1, -0.05) is 6.92 Å². The van der Waals surface area contributed by atoms with E-state index in [1.165, 1.54) is 0 Å². The molecule has 0 saturated carbocycles. The number of ether oxygens (including phenoxy) is 1. The molecule has 1 atom stereocenters. The molecular weight excluding hydrogens is 382 g/mol. The number of nitrogens with zero attached hydrogens (tertiary/aromatic N) is 5. The first-order chi connectivity index (χ1) is 14.4. The lowest BCUT2D eigenvalue weighted by molar-refractivity contribution is -0.117. The molecule has 2 aliphatic heterocycles. The van der Waals surface area contributed by atoms with Crippen LogP contribution < -0.4 is 9.80 Å². The second kappa shape index (κ2) is 8.08. The van der Waals surface area contributed by atoms with Crippen LogP contribution in [0.15, 0.2) is 18.3 Å². The lowest BCUT2D eigenvalue weighted by atomic mass is 9.95. The number of hydrogen-bond acceptors (Lipinski definition) is 6. The van der Waals surface area contributed by atoms with Crippen molar-refractivity contribution in [1.29, 1.82) is 0 Å². The van der Waals surface area contributed by atoms with Crippen molar-refractivity contribution in [1.82, 2.24) is 14.8 Å². The minimum atomic E-state index is -0.377. The van der Waals surface area contributed by atoms with Crippen LogP contribution in [0.4, 0.5) is 11.5 Å². The van der Waals surface area contributed by atoms with E-state index in [1.54, 1.807) is 18.0 Å². The van der Waals surface area contributed by atoms with E-state index >= 15 is 0 Å². The molecule has 30 heavy (non-hydrogen) atoms. The van der Waals surface area contributed by atoms with Gasteiger partial charge in [-0.05, 0) is 39.3 Å². The molecule has 4 rings (SSSR count). The molecule has 0 aromatic carbocycles. The van der Waals surface area contributed by atoms with E-state index in [2.05, 4.69) is 35.8 Å². The second-order valence-electron chi connectivity index (χ2n) is 8.28. The Kier molecular flexibility index (Phi) is 5.49. The zero-order valence-electron chi connectivity index (χ0n) is 18.1. The van der Waals surface area contributed by atoms with Gasteiger partial charge in [0.1, 0.15) is 5.82 Å². The minimum Gasteiger partial charge on any atom is -0.461 e. The number of aromatic nitrogens is 3. The van der Waals surface area contributed by atoms with Crippen LogP contribution in [0.1, 0.15) is 74.2 Å². The Morgan fingerprint density at radius 1 is 1.33 bits per heavy atom. The lowest BCUT2D eigenvalue weighted by Crippen LogP contribution is -2.34. The molecular formula is C22H29N5O3. The number of amides is 1. The first kappa shape index (κ1) is 20.4. The number of esters is 1. The summed E-state index contributed by atoms with van der Waals surface area (Å²) in [6.45, 7) is 10.5. The van der Waals surface area contributed by atoms with Gasteiger partial charge in [-0.25, -0.2) is 9.78 Å². The van der Waals surface area contributed by atoms with Gasteiger partial charge < -0.3 is 14.5 Å². The van der Waals surface area contributed by atoms with E-state index in [9.17, 15) is 9.59 Å². The van der Waals surface area contributed by atoms with Crippen molar-refractivity contribution in [2.75, 3.05) is 29.5 Å². The third-order valence-corrected chi connectivity index (χ3v) is 5.76. The molecule has 1 amide bonds. The number of hydrogen-bond donors (Lipinski definition) is 0. The maximum atomic E-state index is 12.6. The molecule has 0 N–H and O–H groups in total. The maximum absolute atomic E-state index is 12.6. The summed E-state index contributed by atoms with van der Waals surface area (Å²) in [7, 11) is 0. The second-order valence-corrected chi connectivity index (χ2v) is 8.28. The molecule has 2 aromatic heterocycles. The summed E-state index contributed by atoms with van der Waals surface area (Å²) < 4.78 is 7.22. The molecule has 0 bridgehead atoms. The largest absolute Gasteiger partial charge is 0.461 e. The topological polar surface area (TPSA) is 80.6 Å². The summed E-state index contributed by atoms with van der Waals surface area (Å²) in [5, 5.41) is 4.61. The van der Waals surface area contributed by atoms with E-state index in [0.29, 0.717) is 25.3 Å². The van der Waals surface area contributed by atoms with Crippen molar-refractivity contribution in [2.45, 2.75) is 59.0 Å². The van der Waals surface area contributed by atoms with E-state index in [0.717, 1.165) is 42.3 Å². The van der Waals surface area contributed by atoms with Crippen LogP contribution in [0.5, 0.6) is 0 Å². The van der Waals surface area contributed by atoms with Gasteiger partial charge in [0.25, 0.3) is 0 Å². The predicted octanol–water partition coefficient (Wildman–Crippen LogP) is 3.29. The van der Waals surface area contributed by atoms with Crippen LogP contribution in [0.25, 0.3) is 0 Å². The number of rotatable bonds is 5. The summed E-state index contributed by atoms with van der Waals surface area (Å²) >= 11 is 0. The molecule has 1 fully saturated rings. The highest BCUT2D eigenvalue weighted by Gasteiger charge is 2.34. The first-order valence-electron chi connectivity index (χ1n) is 10.7. The van der Waals surface area contributed by atoms with E-state index in [4.69, 9.17) is 4.74 Å². The SMILES string of the molecule is CCOC(=O)c1nn(C(C)C)c2c1CN(c1ccc(N3CCCC3=O)cn1)C[C@@H]2C. The molecule has 0 spiro atoms. The number of carbonyl (C=O) groups excluding carboxylic acids is 2. The fourth-order valence-corrected chi connectivity index (χ4v) is 4.41. The molecule has 0 unspecified atom stereocenters. The van der Waals surface area contributed by atoms with E-state index in [1.807, 2.05) is 16.8 Å². The number of carbonyl (C=O) groups is 2. The lowest BCUT2D eigenvalue weighted by Gasteiger charge is -2.33. The quantitative estimate of drug-likeness (QED) is 0.703. The van der Waals surface area contributed by atoms with Gasteiger partial charge in [-0.2, -0.15) is 5.10 Å². The summed E-state index contributed by atoms with van der Waals surface area (Å²) in [5.41, 5.74) is 3.26. The van der Waals surface area contributed by atoms with Crippen molar-refractivity contribution in [2.24, 2.45) is 0 Å². The molecule has 0 aliphatic carbocycles. The van der Waals surface area contributed by atoms with Crippen LogP contribution in [0.2, 0.25) is 0 Å². The Morgan fingerprint density at radius 2 is 2.13 bits per heavy atom. The third kappa shape index (κ3) is 3.55. The predicted molar refractivity (Wildman–Crippen MR) is 114 cm³/mol. The van der Waals surface area contributed by atoms with Crippen LogP contribution in [0.3, 0.4) is 0 Å². The highest BCUT2D eigenvalue weighted by molar-refractivity contribution is 5.95. The summed E-state index contributed by atoms with van der Waals surface area (Å²) in [5.74, 6) is 0.794.